The second-order valence-corrected chi connectivity index (χ2v) is 14.6. The van der Waals surface area contributed by atoms with Crippen molar-refractivity contribution in [3.8, 4) is 39.7 Å². The van der Waals surface area contributed by atoms with Crippen molar-refractivity contribution >= 4 is 39.4 Å². The number of aliphatic hydroxyl groups is 1. The summed E-state index contributed by atoms with van der Waals surface area (Å²) < 4.78 is 5.25. The summed E-state index contributed by atoms with van der Waals surface area (Å²) in [4.78, 5) is 10.5. The van der Waals surface area contributed by atoms with E-state index in [9.17, 15) is 0 Å². The van der Waals surface area contributed by atoms with Crippen LogP contribution in [-0.2, 0) is 12.8 Å². The predicted octanol–water partition coefficient (Wildman–Crippen LogP) is 10.3. The van der Waals surface area contributed by atoms with Crippen molar-refractivity contribution in [3.05, 3.63) is 155 Å². The van der Waals surface area contributed by atoms with Crippen LogP contribution >= 0.6 is 0 Å². The van der Waals surface area contributed by atoms with Crippen LogP contribution in [0.3, 0.4) is 0 Å². The third kappa shape index (κ3) is 5.35. The smallest absolute Gasteiger partial charge is 0.344 e. The Hall–Kier alpha value is -5.84. The van der Waals surface area contributed by atoms with Crippen LogP contribution < -0.4 is 5.32 Å². The molecule has 0 radical (unpaired) electrons. The standard InChI is InChI=1S/C47H37N3O/c1-28-8-10-30-12-16-35(25-38(30)22-28)42-27-43(36-17-13-31-11-9-29(2)23-39(31)26-36)49-46(48-42)37-18-20-40-34(24-37)15-14-32-19-21-41-45(44(32)40)51-47(50-41)33-6-4-3-5-7-33/h3-21,24-29,47,50H,22-23H2,1-2H3/p+2. The maximum atomic E-state index is 5.27. The topological polar surface area (TPSA) is 55.2 Å². The summed E-state index contributed by atoms with van der Waals surface area (Å²) >= 11 is 0. The molecule has 0 fully saturated rings. The van der Waals surface area contributed by atoms with E-state index in [1.165, 1.54) is 49.7 Å². The van der Waals surface area contributed by atoms with E-state index in [-0.39, 0.29) is 6.23 Å². The highest BCUT2D eigenvalue weighted by atomic mass is 16.5. The first-order valence-electron chi connectivity index (χ1n) is 18.1. The van der Waals surface area contributed by atoms with Gasteiger partial charge in [-0.1, -0.05) is 105 Å². The summed E-state index contributed by atoms with van der Waals surface area (Å²) in [5.41, 5.74) is 12.9. The van der Waals surface area contributed by atoms with E-state index in [2.05, 4.69) is 159 Å². The average molecular weight is 662 g/mol. The second kappa shape index (κ2) is 11.9. The van der Waals surface area contributed by atoms with Crippen molar-refractivity contribution < 1.29 is 10.1 Å². The van der Waals surface area contributed by atoms with Gasteiger partial charge in [-0.2, -0.15) is 0 Å². The molecule has 3 aliphatic rings. The number of fused-ring (bicyclic) bond motifs is 7. The normalized spacial score (nSPS) is 18.7. The van der Waals surface area contributed by atoms with Gasteiger partial charge in [0.15, 0.2) is 5.82 Å². The lowest BCUT2D eigenvalue weighted by atomic mass is 9.88. The van der Waals surface area contributed by atoms with Crippen molar-refractivity contribution in [2.75, 3.05) is 0 Å². The van der Waals surface area contributed by atoms with Crippen molar-refractivity contribution in [2.45, 2.75) is 32.9 Å². The van der Waals surface area contributed by atoms with Crippen LogP contribution in [-0.4, -0.2) is 14.7 Å². The molecule has 0 saturated carbocycles. The summed E-state index contributed by atoms with van der Waals surface area (Å²) in [7, 11) is 0. The maximum Gasteiger partial charge on any atom is 0.344 e. The van der Waals surface area contributed by atoms with E-state index in [0.717, 1.165) is 57.9 Å². The Bertz CT molecular complexity index is 2500. The molecule has 7 aromatic rings. The molecule has 3 unspecified atom stereocenters. The number of nitrogens with zero attached hydrogens (tertiary/aromatic N) is 2. The number of aromatic hydroxyl groups is 1. The van der Waals surface area contributed by atoms with E-state index in [1.54, 1.807) is 0 Å². The number of hydrogen-bond donors (Lipinski definition) is 1. The van der Waals surface area contributed by atoms with E-state index in [4.69, 9.17) is 14.7 Å². The first-order chi connectivity index (χ1) is 25.0. The van der Waals surface area contributed by atoms with E-state index in [0.29, 0.717) is 11.8 Å². The number of aromatic nitrogens is 2. The van der Waals surface area contributed by atoms with E-state index >= 15 is 0 Å². The Balaban J connectivity index is 1.10. The Morgan fingerprint density at radius 2 is 1.24 bits per heavy atom. The van der Waals surface area contributed by atoms with Crippen LogP contribution in [0.15, 0.2) is 127 Å². The quantitative estimate of drug-likeness (QED) is 0.0883. The van der Waals surface area contributed by atoms with Crippen molar-refractivity contribution in [3.63, 3.8) is 0 Å². The lowest BCUT2D eigenvalue weighted by molar-refractivity contribution is -0.657. The summed E-state index contributed by atoms with van der Waals surface area (Å²) in [5, 5.41) is 7.05. The molecule has 0 bridgehead atoms. The van der Waals surface area contributed by atoms with Gasteiger partial charge in [0.2, 0.25) is 5.69 Å². The molecule has 51 heavy (non-hydrogen) atoms. The summed E-state index contributed by atoms with van der Waals surface area (Å²) in [6.45, 7) is 4.56. The third-order valence-electron chi connectivity index (χ3n) is 10.9. The number of rotatable bonds is 4. The zero-order valence-electron chi connectivity index (χ0n) is 28.8. The zero-order valence-corrected chi connectivity index (χ0v) is 28.8. The van der Waals surface area contributed by atoms with Crippen LogP contribution in [0.2, 0.25) is 0 Å². The Labute approximate surface area is 298 Å². The molecule has 1 aromatic heterocycles. The molecule has 246 valence electrons. The molecule has 3 atom stereocenters. The van der Waals surface area contributed by atoms with Gasteiger partial charge in [-0.3, -0.25) is 0 Å². The van der Waals surface area contributed by atoms with Crippen LogP contribution in [0.25, 0.3) is 67.6 Å². The molecule has 4 heteroatoms. The maximum absolute atomic E-state index is 5.27. The molecular formula is C47H39N3O+2. The fraction of sp³-hybridized carbons (Fsp3) is 0.149. The number of quaternary nitrogens is 1. The molecular weight excluding hydrogens is 623 g/mol. The van der Waals surface area contributed by atoms with Gasteiger partial charge in [-0.25, -0.2) is 15.3 Å². The van der Waals surface area contributed by atoms with Gasteiger partial charge >= 0.3 is 12.0 Å². The SMILES string of the molecule is CC1C=Cc2ccc(-c3cc(-c4ccc5c(c4)CC(C)C=C5)nc(-c4ccc5c(ccc6ccc7c(c65)[OH+]C(c5ccccc5)[NH2+]7)c4)n3)cc2C1. The minimum absolute atomic E-state index is 0.0292. The largest absolute Gasteiger partial charge is 0.531 e. The molecule has 10 rings (SSSR count). The average Bonchev–Trinajstić information content (AvgIpc) is 3.62. The molecule has 0 amide bonds. The molecule has 2 aliphatic carbocycles. The molecule has 1 aliphatic heterocycles. The fourth-order valence-electron chi connectivity index (χ4n) is 8.18. The van der Waals surface area contributed by atoms with Crippen molar-refractivity contribution in [2.24, 2.45) is 11.8 Å². The Morgan fingerprint density at radius 1 is 0.608 bits per heavy atom. The fourth-order valence-corrected chi connectivity index (χ4v) is 8.18. The third-order valence-corrected chi connectivity index (χ3v) is 10.9. The summed E-state index contributed by atoms with van der Waals surface area (Å²) in [6.07, 6.45) is 11.2. The van der Waals surface area contributed by atoms with Gasteiger partial charge < -0.3 is 4.74 Å². The highest BCUT2D eigenvalue weighted by Crippen LogP contribution is 2.43. The molecule has 3 N–H and O–H groups in total. The highest BCUT2D eigenvalue weighted by molar-refractivity contribution is 6.12. The van der Waals surface area contributed by atoms with Gasteiger partial charge in [0.25, 0.3) is 0 Å². The lowest BCUT2D eigenvalue weighted by Gasteiger charge is -2.18. The highest BCUT2D eigenvalue weighted by Gasteiger charge is 2.35. The number of allylic oxidation sites excluding steroid dienone is 2. The zero-order chi connectivity index (χ0) is 34.1. The number of nitrogens with two attached hydrogens (primary N) is 1. The van der Waals surface area contributed by atoms with Crippen LogP contribution in [0.1, 0.15) is 47.9 Å². The lowest BCUT2D eigenvalue weighted by Crippen LogP contribution is -2.77. The molecule has 4 nitrogen and oxygen atoms in total. The van der Waals surface area contributed by atoms with Crippen molar-refractivity contribution in [1.82, 2.24) is 9.97 Å². The van der Waals surface area contributed by atoms with E-state index < -0.39 is 0 Å². The number of ether oxygens (including phenoxy) is 1. The predicted molar refractivity (Wildman–Crippen MR) is 210 cm³/mol. The first kappa shape index (κ1) is 30.0. The number of hydrogen-bond acceptors (Lipinski definition) is 2. The van der Waals surface area contributed by atoms with Crippen LogP contribution in [0.4, 0.5) is 5.69 Å². The van der Waals surface area contributed by atoms with E-state index in [1.807, 2.05) is 0 Å². The summed E-state index contributed by atoms with van der Waals surface area (Å²) in [6, 6.07) is 41.9. The van der Waals surface area contributed by atoms with Gasteiger partial charge in [-0.05, 0) is 106 Å². The monoisotopic (exact) mass is 661 g/mol. The molecule has 6 aromatic carbocycles. The first-order valence-corrected chi connectivity index (χ1v) is 18.1. The van der Waals surface area contributed by atoms with Crippen molar-refractivity contribution in [1.29, 1.82) is 0 Å². The summed E-state index contributed by atoms with van der Waals surface area (Å²) in [5.74, 6) is 2.87. The molecule has 0 saturated heterocycles. The minimum atomic E-state index is 0.0292. The van der Waals surface area contributed by atoms with Gasteiger partial charge in [0.05, 0.1) is 16.8 Å². The van der Waals surface area contributed by atoms with Crippen LogP contribution in [0.5, 0.6) is 5.75 Å². The van der Waals surface area contributed by atoms with Gasteiger partial charge in [-0.15, -0.1) is 0 Å². The van der Waals surface area contributed by atoms with Crippen LogP contribution in [0, 0.1) is 11.8 Å². The molecule has 2 heterocycles. The Kier molecular flexibility index (Phi) is 7.00. The second-order valence-electron chi connectivity index (χ2n) is 14.6. The Morgan fingerprint density at radius 3 is 1.92 bits per heavy atom. The van der Waals surface area contributed by atoms with Gasteiger partial charge in [0, 0.05) is 22.8 Å². The number of benzene rings is 6. The minimum Gasteiger partial charge on any atom is -0.531 e. The van der Waals surface area contributed by atoms with Gasteiger partial charge in [0.1, 0.15) is 5.56 Å². The molecule has 0 spiro atoms.